The van der Waals surface area contributed by atoms with Gasteiger partial charge in [0.05, 0.1) is 11.8 Å². The number of carbonyl (C=O) groups is 3. The summed E-state index contributed by atoms with van der Waals surface area (Å²) in [6.45, 7) is 6.61. The fourth-order valence-electron chi connectivity index (χ4n) is 2.16. The van der Waals surface area contributed by atoms with Crippen molar-refractivity contribution in [3.05, 3.63) is 33.8 Å². The van der Waals surface area contributed by atoms with Crippen LogP contribution in [0, 0.1) is 17.8 Å². The van der Waals surface area contributed by atoms with E-state index in [0.717, 1.165) is 0 Å². The molecule has 0 saturated heterocycles. The molecule has 156 valence electrons. The second kappa shape index (κ2) is 11.1. The molecule has 0 bridgehead atoms. The van der Waals surface area contributed by atoms with Crippen molar-refractivity contribution in [1.82, 2.24) is 5.32 Å². The molecule has 28 heavy (non-hydrogen) atoms. The van der Waals surface area contributed by atoms with Crippen LogP contribution >= 0.6 is 23.2 Å². The van der Waals surface area contributed by atoms with Crippen molar-refractivity contribution in [3.63, 3.8) is 0 Å². The number of carboxylic acid groups (broad SMARTS) is 1. The highest BCUT2D eigenvalue weighted by molar-refractivity contribution is 6.34. The predicted octanol–water partition coefficient (Wildman–Crippen LogP) is 4.14. The van der Waals surface area contributed by atoms with E-state index in [4.69, 9.17) is 32.7 Å². The Morgan fingerprint density at radius 1 is 1.04 bits per heavy atom. The molecule has 0 aliphatic rings. The van der Waals surface area contributed by atoms with Crippen LogP contribution in [0.3, 0.4) is 0 Å². The van der Waals surface area contributed by atoms with Gasteiger partial charge in [0.15, 0.2) is 0 Å². The number of aliphatic carboxylic acids is 1. The first-order chi connectivity index (χ1) is 13.0. The Balaban J connectivity index is 2.67. The van der Waals surface area contributed by atoms with E-state index >= 15 is 0 Å². The number of esters is 1. The van der Waals surface area contributed by atoms with Crippen LogP contribution in [0.4, 0.5) is 4.79 Å². The summed E-state index contributed by atoms with van der Waals surface area (Å²) < 4.78 is 10.3. The minimum Gasteiger partial charge on any atom is -0.481 e. The van der Waals surface area contributed by atoms with Crippen molar-refractivity contribution >= 4 is 41.2 Å². The van der Waals surface area contributed by atoms with Crippen molar-refractivity contribution in [2.75, 3.05) is 6.54 Å². The monoisotopic (exact) mass is 433 g/mol. The SMILES string of the molecule is CC(C)C(=O)O[C@@H](OC(=O)NC[C@H](Cc1cc(Cl)cc(Cl)c1)C(=O)O)C(C)C. The molecule has 7 nitrogen and oxygen atoms in total. The van der Waals surface area contributed by atoms with Crippen LogP contribution in [0.1, 0.15) is 33.3 Å². The minimum absolute atomic E-state index is 0.117. The van der Waals surface area contributed by atoms with E-state index in [0.29, 0.717) is 15.6 Å². The number of alkyl carbamates (subject to hydrolysis) is 1. The Kier molecular flexibility index (Phi) is 9.55. The molecule has 0 aliphatic heterocycles. The van der Waals surface area contributed by atoms with Gasteiger partial charge in [-0.3, -0.25) is 9.59 Å². The van der Waals surface area contributed by atoms with Crippen LogP contribution in [0.5, 0.6) is 0 Å². The molecule has 1 aromatic rings. The number of carboxylic acids is 1. The summed E-state index contributed by atoms with van der Waals surface area (Å²) in [6, 6.07) is 4.77. The third-order valence-electron chi connectivity index (χ3n) is 3.72. The zero-order chi connectivity index (χ0) is 21.4. The van der Waals surface area contributed by atoms with Gasteiger partial charge in [-0.2, -0.15) is 0 Å². The number of amides is 1. The van der Waals surface area contributed by atoms with Crippen molar-refractivity contribution in [2.24, 2.45) is 17.8 Å². The first kappa shape index (κ1) is 24.0. The van der Waals surface area contributed by atoms with Crippen molar-refractivity contribution < 1.29 is 29.0 Å². The van der Waals surface area contributed by atoms with Crippen LogP contribution in [-0.2, 0) is 25.5 Å². The van der Waals surface area contributed by atoms with Crippen LogP contribution < -0.4 is 5.32 Å². The van der Waals surface area contributed by atoms with E-state index in [2.05, 4.69) is 5.32 Å². The third-order valence-corrected chi connectivity index (χ3v) is 4.15. The zero-order valence-electron chi connectivity index (χ0n) is 16.2. The summed E-state index contributed by atoms with van der Waals surface area (Å²) >= 11 is 11.9. The van der Waals surface area contributed by atoms with E-state index < -0.39 is 30.2 Å². The van der Waals surface area contributed by atoms with Gasteiger partial charge in [0.25, 0.3) is 6.29 Å². The molecule has 1 aromatic carbocycles. The second-order valence-electron chi connectivity index (χ2n) is 7.01. The van der Waals surface area contributed by atoms with Crippen molar-refractivity contribution in [2.45, 2.75) is 40.4 Å². The Labute approximate surface area is 174 Å². The number of ether oxygens (including phenoxy) is 2. The lowest BCUT2D eigenvalue weighted by Crippen LogP contribution is -2.39. The first-order valence-corrected chi connectivity index (χ1v) is 9.58. The number of benzene rings is 1. The number of rotatable bonds is 9. The largest absolute Gasteiger partial charge is 0.481 e. The van der Waals surface area contributed by atoms with Crippen molar-refractivity contribution in [3.8, 4) is 0 Å². The second-order valence-corrected chi connectivity index (χ2v) is 7.88. The zero-order valence-corrected chi connectivity index (χ0v) is 17.7. The molecule has 0 aliphatic carbocycles. The normalized spacial score (nSPS) is 13.1. The smallest absolute Gasteiger partial charge is 0.410 e. The number of nitrogens with one attached hydrogen (secondary N) is 1. The Morgan fingerprint density at radius 2 is 1.61 bits per heavy atom. The molecule has 0 spiro atoms. The Bertz CT molecular complexity index is 687. The minimum atomic E-state index is -1.09. The maximum Gasteiger partial charge on any atom is 0.410 e. The molecule has 2 atom stereocenters. The molecule has 1 amide bonds. The quantitative estimate of drug-likeness (QED) is 0.447. The number of halogens is 2. The summed E-state index contributed by atoms with van der Waals surface area (Å²) in [5, 5.41) is 12.6. The van der Waals surface area contributed by atoms with E-state index in [-0.39, 0.29) is 24.8 Å². The van der Waals surface area contributed by atoms with E-state index in [1.807, 2.05) is 0 Å². The third kappa shape index (κ3) is 8.35. The summed E-state index contributed by atoms with van der Waals surface area (Å²) in [5.41, 5.74) is 0.631. The number of hydrogen-bond donors (Lipinski definition) is 2. The highest BCUT2D eigenvalue weighted by Gasteiger charge is 2.25. The molecule has 1 rings (SSSR count). The molecule has 9 heteroatoms. The van der Waals surface area contributed by atoms with Gasteiger partial charge < -0.3 is 19.9 Å². The predicted molar refractivity (Wildman–Crippen MR) is 105 cm³/mol. The molecule has 0 heterocycles. The molecule has 0 saturated carbocycles. The van der Waals surface area contributed by atoms with Gasteiger partial charge >= 0.3 is 18.0 Å². The molecule has 0 aromatic heterocycles. The van der Waals surface area contributed by atoms with Gasteiger partial charge in [0.2, 0.25) is 0 Å². The average Bonchev–Trinajstić information content (AvgIpc) is 2.56. The topological polar surface area (TPSA) is 102 Å². The first-order valence-electron chi connectivity index (χ1n) is 8.82. The summed E-state index contributed by atoms with van der Waals surface area (Å²) in [7, 11) is 0. The van der Waals surface area contributed by atoms with Crippen molar-refractivity contribution in [1.29, 1.82) is 0 Å². The maximum atomic E-state index is 12.0. The van der Waals surface area contributed by atoms with E-state index in [1.54, 1.807) is 45.9 Å². The Morgan fingerprint density at radius 3 is 2.07 bits per heavy atom. The van der Waals surface area contributed by atoms with Gasteiger partial charge in [-0.25, -0.2) is 4.79 Å². The van der Waals surface area contributed by atoms with E-state index in [9.17, 15) is 19.5 Å². The lowest BCUT2D eigenvalue weighted by atomic mass is 9.99. The van der Waals surface area contributed by atoms with Gasteiger partial charge in [0.1, 0.15) is 0 Å². The van der Waals surface area contributed by atoms with Gasteiger partial charge in [0, 0.05) is 22.5 Å². The lowest BCUT2D eigenvalue weighted by Gasteiger charge is -2.23. The summed E-state index contributed by atoms with van der Waals surface area (Å²) in [5.74, 6) is -3.14. The molecule has 0 radical (unpaired) electrons. The van der Waals surface area contributed by atoms with E-state index in [1.165, 1.54) is 0 Å². The highest BCUT2D eigenvalue weighted by Crippen LogP contribution is 2.21. The van der Waals surface area contributed by atoms with Crippen LogP contribution in [0.25, 0.3) is 0 Å². The van der Waals surface area contributed by atoms with Crippen LogP contribution in [0.15, 0.2) is 18.2 Å². The summed E-state index contributed by atoms with van der Waals surface area (Å²) in [4.78, 5) is 35.3. The number of hydrogen-bond acceptors (Lipinski definition) is 5. The van der Waals surface area contributed by atoms with Gasteiger partial charge in [-0.1, -0.05) is 50.9 Å². The van der Waals surface area contributed by atoms with Gasteiger partial charge in [-0.05, 0) is 30.2 Å². The Hall–Kier alpha value is -1.99. The fourth-order valence-corrected chi connectivity index (χ4v) is 2.73. The molecular weight excluding hydrogens is 409 g/mol. The molecule has 0 fully saturated rings. The molecular formula is C19H25Cl2NO6. The molecule has 2 N–H and O–H groups in total. The lowest BCUT2D eigenvalue weighted by molar-refractivity contribution is -0.178. The number of carbonyl (C=O) groups excluding carboxylic acids is 2. The fraction of sp³-hybridized carbons (Fsp3) is 0.526. The van der Waals surface area contributed by atoms with Crippen LogP contribution in [0.2, 0.25) is 10.0 Å². The van der Waals surface area contributed by atoms with Crippen LogP contribution in [-0.4, -0.2) is 36.0 Å². The molecule has 0 unspecified atom stereocenters. The average molecular weight is 434 g/mol. The maximum absolute atomic E-state index is 12.0. The highest BCUT2D eigenvalue weighted by atomic mass is 35.5. The standard InChI is InChI=1S/C19H25Cl2NO6/c1-10(2)17(25)27-18(11(3)4)28-19(26)22-9-13(16(23)24)5-12-6-14(20)8-15(21)7-12/h6-8,10-11,13,18H,5,9H2,1-4H3,(H,22,26)(H,23,24)/t13-,18-/m0/s1. The van der Waals surface area contributed by atoms with Gasteiger partial charge in [-0.15, -0.1) is 0 Å². The summed E-state index contributed by atoms with van der Waals surface area (Å²) in [6.07, 6.45) is -1.82.